The number of para-hydroxylation sites is 2. The van der Waals surface area contributed by atoms with Gasteiger partial charge in [0.05, 0.1) is 17.1 Å². The Morgan fingerprint density at radius 3 is 2.67 bits per heavy atom. The molecule has 2 rings (SSSR count). The van der Waals surface area contributed by atoms with Crippen molar-refractivity contribution in [3.05, 3.63) is 30.1 Å². The van der Waals surface area contributed by atoms with Crippen molar-refractivity contribution in [3.63, 3.8) is 0 Å². The first kappa shape index (κ1) is 16.0. The molecule has 0 bridgehead atoms. The Morgan fingerprint density at radius 1 is 1.24 bits per heavy atom. The number of fused-ring (bicyclic) bond motifs is 1. The Hall–Kier alpha value is -1.35. The third kappa shape index (κ3) is 3.85. The first-order chi connectivity index (χ1) is 10.2. The smallest absolute Gasteiger partial charge is 0.126 e. The van der Waals surface area contributed by atoms with Gasteiger partial charge >= 0.3 is 0 Å². The van der Waals surface area contributed by atoms with Crippen molar-refractivity contribution < 1.29 is 0 Å². The number of aryl methyl sites for hydroxylation is 1. The molecule has 3 nitrogen and oxygen atoms in total. The van der Waals surface area contributed by atoms with Gasteiger partial charge in [-0.05, 0) is 37.9 Å². The maximum absolute atomic E-state index is 4.78. The maximum Gasteiger partial charge on any atom is 0.126 e. The molecule has 116 valence electrons. The molecule has 0 fully saturated rings. The Balaban J connectivity index is 2.01. The molecule has 0 aliphatic heterocycles. The molecule has 0 spiro atoms. The van der Waals surface area contributed by atoms with Crippen molar-refractivity contribution in [1.82, 2.24) is 14.9 Å². The summed E-state index contributed by atoms with van der Waals surface area (Å²) in [5.41, 5.74) is 2.29. The van der Waals surface area contributed by atoms with Crippen LogP contribution in [0.2, 0.25) is 0 Å². The second-order valence-electron chi connectivity index (χ2n) is 6.06. The van der Waals surface area contributed by atoms with Crippen LogP contribution in [0.4, 0.5) is 0 Å². The van der Waals surface area contributed by atoms with E-state index in [1.807, 2.05) is 0 Å². The summed E-state index contributed by atoms with van der Waals surface area (Å²) in [4.78, 5) is 4.78. The van der Waals surface area contributed by atoms with E-state index in [4.69, 9.17) is 4.98 Å². The minimum absolute atomic E-state index is 0.290. The van der Waals surface area contributed by atoms with Crippen LogP contribution in [0.5, 0.6) is 0 Å². The van der Waals surface area contributed by atoms with Gasteiger partial charge in [0.15, 0.2) is 0 Å². The van der Waals surface area contributed by atoms with E-state index in [-0.39, 0.29) is 6.04 Å². The van der Waals surface area contributed by atoms with Crippen LogP contribution in [-0.2, 0) is 7.05 Å². The maximum atomic E-state index is 4.78. The highest BCUT2D eigenvalue weighted by atomic mass is 15.1. The van der Waals surface area contributed by atoms with Crippen molar-refractivity contribution in [2.75, 3.05) is 6.54 Å². The number of hydrogen-bond acceptors (Lipinski definition) is 2. The van der Waals surface area contributed by atoms with Crippen LogP contribution in [0.1, 0.15) is 58.3 Å². The molecule has 1 aromatic carbocycles. The minimum atomic E-state index is 0.290. The molecule has 2 aromatic rings. The quantitative estimate of drug-likeness (QED) is 0.778. The lowest BCUT2D eigenvalue weighted by Gasteiger charge is -2.19. The van der Waals surface area contributed by atoms with Gasteiger partial charge in [-0.15, -0.1) is 0 Å². The average Bonchev–Trinajstić information content (AvgIpc) is 2.85. The number of unbranched alkanes of at least 4 members (excludes halogenated alkanes) is 1. The molecule has 0 saturated carbocycles. The van der Waals surface area contributed by atoms with Crippen molar-refractivity contribution in [2.45, 2.75) is 52.5 Å². The van der Waals surface area contributed by atoms with Gasteiger partial charge < -0.3 is 9.88 Å². The van der Waals surface area contributed by atoms with E-state index < -0.39 is 0 Å². The number of benzene rings is 1. The van der Waals surface area contributed by atoms with Gasteiger partial charge in [0, 0.05) is 7.05 Å². The summed E-state index contributed by atoms with van der Waals surface area (Å²) in [6.45, 7) is 7.86. The highest BCUT2D eigenvalue weighted by molar-refractivity contribution is 5.75. The van der Waals surface area contributed by atoms with Crippen molar-refractivity contribution >= 4 is 11.0 Å². The largest absolute Gasteiger partial charge is 0.330 e. The number of hydrogen-bond donors (Lipinski definition) is 1. The lowest BCUT2D eigenvalue weighted by atomic mass is 9.99. The van der Waals surface area contributed by atoms with E-state index in [2.05, 4.69) is 62.0 Å². The fraction of sp³-hybridized carbons (Fsp3) is 0.611. The third-order valence-corrected chi connectivity index (χ3v) is 4.47. The summed E-state index contributed by atoms with van der Waals surface area (Å²) < 4.78 is 2.21. The van der Waals surface area contributed by atoms with Gasteiger partial charge in [-0.3, -0.25) is 0 Å². The molecule has 0 aliphatic rings. The summed E-state index contributed by atoms with van der Waals surface area (Å²) in [7, 11) is 2.11. The second-order valence-corrected chi connectivity index (χ2v) is 6.06. The predicted octanol–water partition coefficient (Wildman–Crippen LogP) is 4.44. The van der Waals surface area contributed by atoms with Gasteiger partial charge in [-0.1, -0.05) is 45.2 Å². The normalized spacial score (nSPS) is 14.5. The van der Waals surface area contributed by atoms with Crippen LogP contribution < -0.4 is 5.32 Å². The zero-order chi connectivity index (χ0) is 15.2. The van der Waals surface area contributed by atoms with Crippen LogP contribution in [-0.4, -0.2) is 16.1 Å². The van der Waals surface area contributed by atoms with E-state index in [1.165, 1.54) is 31.2 Å². The topological polar surface area (TPSA) is 29.9 Å². The minimum Gasteiger partial charge on any atom is -0.330 e. The molecule has 1 heterocycles. The number of imidazole rings is 1. The summed E-state index contributed by atoms with van der Waals surface area (Å²) in [6, 6.07) is 8.63. The predicted molar refractivity (Wildman–Crippen MR) is 90.4 cm³/mol. The highest BCUT2D eigenvalue weighted by Gasteiger charge is 2.15. The van der Waals surface area contributed by atoms with Gasteiger partial charge in [-0.2, -0.15) is 0 Å². The number of rotatable bonds is 8. The lowest BCUT2D eigenvalue weighted by molar-refractivity contribution is 0.391. The number of aromatic nitrogens is 2. The van der Waals surface area contributed by atoms with E-state index in [9.17, 15) is 0 Å². The summed E-state index contributed by atoms with van der Waals surface area (Å²) >= 11 is 0. The number of nitrogens with zero attached hydrogens (tertiary/aromatic N) is 2. The summed E-state index contributed by atoms with van der Waals surface area (Å²) in [5.74, 6) is 1.91. The molecule has 3 heteroatoms. The van der Waals surface area contributed by atoms with Gasteiger partial charge in [0.25, 0.3) is 0 Å². The van der Waals surface area contributed by atoms with Crippen LogP contribution >= 0.6 is 0 Å². The molecular weight excluding hydrogens is 258 g/mol. The van der Waals surface area contributed by atoms with E-state index >= 15 is 0 Å². The second kappa shape index (κ2) is 7.60. The van der Waals surface area contributed by atoms with Crippen LogP contribution in [0, 0.1) is 5.92 Å². The molecule has 2 atom stereocenters. The van der Waals surface area contributed by atoms with Gasteiger partial charge in [0.2, 0.25) is 0 Å². The Morgan fingerprint density at radius 2 is 2.00 bits per heavy atom. The molecule has 0 amide bonds. The van der Waals surface area contributed by atoms with Crippen molar-refractivity contribution in [3.8, 4) is 0 Å². The average molecular weight is 287 g/mol. The van der Waals surface area contributed by atoms with Crippen molar-refractivity contribution in [2.24, 2.45) is 13.0 Å². The van der Waals surface area contributed by atoms with Crippen LogP contribution in [0.3, 0.4) is 0 Å². The monoisotopic (exact) mass is 287 g/mol. The molecule has 21 heavy (non-hydrogen) atoms. The van der Waals surface area contributed by atoms with E-state index in [1.54, 1.807) is 0 Å². The van der Waals surface area contributed by atoms with Crippen molar-refractivity contribution in [1.29, 1.82) is 0 Å². The standard InChI is InChI=1S/C18H29N3/c1-5-7-10-15(6-2)13-19-14(3)18-20-16-11-8-9-12-17(16)21(18)4/h8-9,11-12,14-15,19H,5-7,10,13H2,1-4H3. The van der Waals surface area contributed by atoms with Gasteiger partial charge in [0.1, 0.15) is 5.82 Å². The van der Waals surface area contributed by atoms with Gasteiger partial charge in [-0.25, -0.2) is 4.98 Å². The fourth-order valence-corrected chi connectivity index (χ4v) is 2.93. The highest BCUT2D eigenvalue weighted by Crippen LogP contribution is 2.20. The first-order valence-electron chi connectivity index (χ1n) is 8.32. The molecule has 0 aliphatic carbocycles. The molecule has 1 aromatic heterocycles. The third-order valence-electron chi connectivity index (χ3n) is 4.47. The zero-order valence-electron chi connectivity index (χ0n) is 13.9. The Labute approximate surface area is 128 Å². The van der Waals surface area contributed by atoms with E-state index in [0.717, 1.165) is 23.8 Å². The first-order valence-corrected chi connectivity index (χ1v) is 8.32. The molecular formula is C18H29N3. The Kier molecular flexibility index (Phi) is 5.80. The Bertz CT molecular complexity index is 559. The number of nitrogens with one attached hydrogen (secondary N) is 1. The fourth-order valence-electron chi connectivity index (χ4n) is 2.93. The SMILES string of the molecule is CCCCC(CC)CNC(C)c1nc2ccccc2n1C. The van der Waals surface area contributed by atoms with Crippen LogP contribution in [0.15, 0.2) is 24.3 Å². The molecule has 0 saturated heterocycles. The van der Waals surface area contributed by atoms with Crippen LogP contribution in [0.25, 0.3) is 11.0 Å². The molecule has 0 radical (unpaired) electrons. The van der Waals surface area contributed by atoms with E-state index in [0.29, 0.717) is 0 Å². The molecule has 2 unspecified atom stereocenters. The lowest BCUT2D eigenvalue weighted by Crippen LogP contribution is -2.27. The molecule has 1 N–H and O–H groups in total. The zero-order valence-corrected chi connectivity index (χ0v) is 13.9. The summed E-state index contributed by atoms with van der Waals surface area (Å²) in [5, 5.41) is 3.68. The summed E-state index contributed by atoms with van der Waals surface area (Å²) in [6.07, 6.45) is 5.20.